The van der Waals surface area contributed by atoms with Crippen molar-refractivity contribution in [1.82, 2.24) is 5.01 Å². The molecule has 0 unspecified atom stereocenters. The van der Waals surface area contributed by atoms with Gasteiger partial charge in [-0.25, -0.2) is 4.79 Å². The molecule has 0 aromatic heterocycles. The highest BCUT2D eigenvalue weighted by atomic mass is 79.9. The van der Waals surface area contributed by atoms with Crippen LogP contribution in [0.2, 0.25) is 0 Å². The minimum absolute atomic E-state index is 0.555. The number of hydrogen-bond donors (Lipinski definition) is 0. The monoisotopic (exact) mass is 285 g/mol. The van der Waals surface area contributed by atoms with E-state index in [4.69, 9.17) is 0 Å². The SMILES string of the molecule is COC(=O)N(C)/N=N/c1ccc(CBr)cc1. The molecule has 0 aliphatic rings. The van der Waals surface area contributed by atoms with Crippen LogP contribution < -0.4 is 0 Å². The number of amides is 1. The van der Waals surface area contributed by atoms with Crippen molar-refractivity contribution in [2.75, 3.05) is 14.2 Å². The summed E-state index contributed by atoms with van der Waals surface area (Å²) in [4.78, 5) is 11.0. The normalized spacial score (nSPS) is 10.4. The fraction of sp³-hybridized carbons (Fsp3) is 0.300. The second kappa shape index (κ2) is 6.22. The summed E-state index contributed by atoms with van der Waals surface area (Å²) < 4.78 is 4.46. The van der Waals surface area contributed by atoms with Crippen LogP contribution in [-0.4, -0.2) is 25.3 Å². The Kier molecular flexibility index (Phi) is 4.91. The zero-order chi connectivity index (χ0) is 12.0. The van der Waals surface area contributed by atoms with Gasteiger partial charge in [-0.15, -0.1) is 5.11 Å². The number of rotatable bonds is 3. The number of carbonyl (C=O) groups is 1. The average Bonchev–Trinajstić information content (AvgIpc) is 2.35. The Balaban J connectivity index is 2.65. The lowest BCUT2D eigenvalue weighted by molar-refractivity contribution is 0.132. The van der Waals surface area contributed by atoms with E-state index in [0.717, 1.165) is 15.9 Å². The van der Waals surface area contributed by atoms with Gasteiger partial charge in [-0.1, -0.05) is 33.3 Å². The van der Waals surface area contributed by atoms with E-state index in [0.29, 0.717) is 5.69 Å². The quantitative estimate of drug-likeness (QED) is 0.486. The number of ether oxygens (including phenoxy) is 1. The van der Waals surface area contributed by atoms with Crippen LogP contribution >= 0.6 is 15.9 Å². The molecule has 0 aliphatic carbocycles. The molecule has 0 radical (unpaired) electrons. The highest BCUT2D eigenvalue weighted by Crippen LogP contribution is 2.15. The zero-order valence-corrected chi connectivity index (χ0v) is 10.6. The number of benzene rings is 1. The molecule has 86 valence electrons. The standard InChI is InChI=1S/C10H12BrN3O2/c1-14(10(15)16-2)13-12-9-5-3-8(7-11)4-6-9/h3-6H,7H2,1-2H3/b13-12+. The van der Waals surface area contributed by atoms with Gasteiger partial charge in [0.2, 0.25) is 0 Å². The second-order valence-corrected chi connectivity index (χ2v) is 3.54. The van der Waals surface area contributed by atoms with Gasteiger partial charge in [0, 0.05) is 12.4 Å². The lowest BCUT2D eigenvalue weighted by Crippen LogP contribution is -2.19. The number of halogens is 1. The highest BCUT2D eigenvalue weighted by molar-refractivity contribution is 9.08. The predicted molar refractivity (Wildman–Crippen MR) is 63.8 cm³/mol. The van der Waals surface area contributed by atoms with Crippen molar-refractivity contribution in [2.24, 2.45) is 10.3 Å². The molecule has 1 amide bonds. The molecule has 1 aromatic rings. The van der Waals surface area contributed by atoms with E-state index in [-0.39, 0.29) is 0 Å². The summed E-state index contributed by atoms with van der Waals surface area (Å²) in [5, 5.41) is 9.40. The molecule has 16 heavy (non-hydrogen) atoms. The molecule has 0 heterocycles. The Hall–Kier alpha value is -1.43. The maximum Gasteiger partial charge on any atom is 0.431 e. The molecule has 0 bridgehead atoms. The van der Waals surface area contributed by atoms with Crippen molar-refractivity contribution in [3.8, 4) is 0 Å². The van der Waals surface area contributed by atoms with Crippen molar-refractivity contribution in [2.45, 2.75) is 5.33 Å². The number of nitrogens with zero attached hydrogens (tertiary/aromatic N) is 3. The van der Waals surface area contributed by atoms with Crippen LogP contribution in [0.5, 0.6) is 0 Å². The summed E-state index contributed by atoms with van der Waals surface area (Å²) in [6, 6.07) is 7.51. The highest BCUT2D eigenvalue weighted by Gasteiger charge is 2.05. The Bertz CT molecular complexity index is 378. The lowest BCUT2D eigenvalue weighted by Gasteiger charge is -2.06. The summed E-state index contributed by atoms with van der Waals surface area (Å²) in [5.74, 6) is 0. The van der Waals surface area contributed by atoms with Crippen molar-refractivity contribution in [3.05, 3.63) is 29.8 Å². The van der Waals surface area contributed by atoms with E-state index in [1.54, 1.807) is 0 Å². The van der Waals surface area contributed by atoms with E-state index in [1.807, 2.05) is 24.3 Å². The summed E-state index contributed by atoms with van der Waals surface area (Å²) in [6.07, 6.45) is -0.555. The molecule has 5 nitrogen and oxygen atoms in total. The minimum Gasteiger partial charge on any atom is -0.451 e. The summed E-state index contributed by atoms with van der Waals surface area (Å²) >= 11 is 3.35. The molecule has 0 N–H and O–H groups in total. The Morgan fingerprint density at radius 2 is 2.06 bits per heavy atom. The first-order valence-corrected chi connectivity index (χ1v) is 5.67. The molecule has 0 fully saturated rings. The van der Waals surface area contributed by atoms with Crippen molar-refractivity contribution < 1.29 is 9.53 Å². The molecule has 1 aromatic carbocycles. The van der Waals surface area contributed by atoms with E-state index in [2.05, 4.69) is 31.0 Å². The predicted octanol–water partition coefficient (Wildman–Crippen LogP) is 3.28. The van der Waals surface area contributed by atoms with Gasteiger partial charge in [0.15, 0.2) is 0 Å². The zero-order valence-electron chi connectivity index (χ0n) is 9.05. The van der Waals surface area contributed by atoms with Crippen LogP contribution in [0.3, 0.4) is 0 Å². The Labute approximate surface area is 102 Å². The summed E-state index contributed by atoms with van der Waals surface area (Å²) in [6.45, 7) is 0. The van der Waals surface area contributed by atoms with Crippen LogP contribution in [0.4, 0.5) is 10.5 Å². The van der Waals surface area contributed by atoms with Gasteiger partial charge in [0.25, 0.3) is 0 Å². The third-order valence-corrected chi connectivity index (χ3v) is 2.47. The fourth-order valence-electron chi connectivity index (χ4n) is 0.939. The van der Waals surface area contributed by atoms with Gasteiger partial charge < -0.3 is 4.74 Å². The Morgan fingerprint density at radius 3 is 2.56 bits per heavy atom. The van der Waals surface area contributed by atoms with E-state index >= 15 is 0 Å². The van der Waals surface area contributed by atoms with Crippen molar-refractivity contribution in [1.29, 1.82) is 0 Å². The van der Waals surface area contributed by atoms with Gasteiger partial charge in [-0.05, 0) is 17.7 Å². The fourth-order valence-corrected chi connectivity index (χ4v) is 1.31. The van der Waals surface area contributed by atoms with Crippen LogP contribution in [0.25, 0.3) is 0 Å². The third kappa shape index (κ3) is 3.62. The molecule has 0 saturated carbocycles. The number of alkyl halides is 1. The van der Waals surface area contributed by atoms with Gasteiger partial charge in [0.05, 0.1) is 12.8 Å². The van der Waals surface area contributed by atoms with Gasteiger partial charge >= 0.3 is 6.09 Å². The van der Waals surface area contributed by atoms with Gasteiger partial charge in [-0.2, -0.15) is 5.01 Å². The van der Waals surface area contributed by atoms with Crippen molar-refractivity contribution in [3.63, 3.8) is 0 Å². The van der Waals surface area contributed by atoms with E-state index in [9.17, 15) is 4.79 Å². The van der Waals surface area contributed by atoms with Gasteiger partial charge in [-0.3, -0.25) is 0 Å². The first-order chi connectivity index (χ1) is 7.67. The minimum atomic E-state index is -0.555. The van der Waals surface area contributed by atoms with Crippen LogP contribution in [0, 0.1) is 0 Å². The molecule has 0 aliphatic heterocycles. The molecular weight excluding hydrogens is 274 g/mol. The van der Waals surface area contributed by atoms with E-state index in [1.165, 1.54) is 14.2 Å². The number of methoxy groups -OCH3 is 1. The number of hydrogen-bond acceptors (Lipinski definition) is 4. The van der Waals surface area contributed by atoms with Crippen LogP contribution in [0.1, 0.15) is 5.56 Å². The van der Waals surface area contributed by atoms with E-state index < -0.39 is 6.09 Å². The maximum atomic E-state index is 11.0. The second-order valence-electron chi connectivity index (χ2n) is 2.98. The average molecular weight is 286 g/mol. The molecular formula is C10H12BrN3O2. The topological polar surface area (TPSA) is 54.3 Å². The molecule has 1 rings (SSSR count). The number of carbonyl (C=O) groups excluding carboxylic acids is 1. The molecule has 0 atom stereocenters. The first-order valence-electron chi connectivity index (χ1n) is 4.55. The lowest BCUT2D eigenvalue weighted by atomic mass is 10.2. The van der Waals surface area contributed by atoms with Crippen LogP contribution in [-0.2, 0) is 10.1 Å². The molecule has 0 saturated heterocycles. The molecule has 6 heteroatoms. The van der Waals surface area contributed by atoms with Crippen LogP contribution in [0.15, 0.2) is 34.6 Å². The summed E-state index contributed by atoms with van der Waals surface area (Å²) in [5.41, 5.74) is 1.83. The van der Waals surface area contributed by atoms with Gasteiger partial charge in [0.1, 0.15) is 0 Å². The maximum absolute atomic E-state index is 11.0. The molecule has 0 spiro atoms. The largest absolute Gasteiger partial charge is 0.451 e. The Morgan fingerprint density at radius 1 is 1.44 bits per heavy atom. The third-order valence-electron chi connectivity index (χ3n) is 1.82. The smallest absolute Gasteiger partial charge is 0.431 e. The van der Waals surface area contributed by atoms with Crippen molar-refractivity contribution >= 4 is 27.7 Å². The summed E-state index contributed by atoms with van der Waals surface area (Å²) in [7, 11) is 2.77. The first kappa shape index (κ1) is 12.6.